The van der Waals surface area contributed by atoms with Crippen LogP contribution in [0.5, 0.6) is 0 Å². The number of rotatable bonds is 5. The molecule has 0 aliphatic carbocycles. The Morgan fingerprint density at radius 3 is 2.00 bits per heavy atom. The van der Waals surface area contributed by atoms with Crippen LogP contribution in [0.25, 0.3) is 0 Å². The van der Waals surface area contributed by atoms with Gasteiger partial charge >= 0.3 is 0 Å². The van der Waals surface area contributed by atoms with Crippen LogP contribution in [0.15, 0.2) is 60.7 Å². The average Bonchev–Trinajstić information content (AvgIpc) is 2.47. The van der Waals surface area contributed by atoms with Gasteiger partial charge in [-0.05, 0) is 29.8 Å². The fraction of sp³-hybridized carbons (Fsp3) is 0.250. The van der Waals surface area contributed by atoms with Gasteiger partial charge in [0.1, 0.15) is 0 Å². The molecule has 0 heterocycles. The summed E-state index contributed by atoms with van der Waals surface area (Å²) in [6.07, 6.45) is 1.09. The minimum Gasteiger partial charge on any atom is -0.416 e. The first-order chi connectivity index (χ1) is 8.74. The molecule has 1 atom stereocenters. The van der Waals surface area contributed by atoms with Crippen molar-refractivity contribution < 1.29 is 4.43 Å². The van der Waals surface area contributed by atoms with Crippen LogP contribution < -0.4 is 5.19 Å². The van der Waals surface area contributed by atoms with Crippen LogP contribution in [0, 0.1) is 0 Å². The maximum absolute atomic E-state index is 5.88. The highest BCUT2D eigenvalue weighted by Gasteiger charge is 2.29. The van der Waals surface area contributed by atoms with E-state index in [1.54, 1.807) is 0 Å². The minimum absolute atomic E-state index is 1.09. The van der Waals surface area contributed by atoms with Gasteiger partial charge in [-0.1, -0.05) is 60.7 Å². The number of hydrogen-bond donors (Lipinski definition) is 0. The molecular formula is C16H20OSi. The molecule has 0 saturated carbocycles. The lowest BCUT2D eigenvalue weighted by atomic mass is 10.2. The van der Waals surface area contributed by atoms with Crippen molar-refractivity contribution in [2.45, 2.75) is 19.0 Å². The molecule has 18 heavy (non-hydrogen) atoms. The van der Waals surface area contributed by atoms with Crippen molar-refractivity contribution in [3.63, 3.8) is 0 Å². The zero-order chi connectivity index (χ0) is 12.8. The van der Waals surface area contributed by atoms with Crippen molar-refractivity contribution in [1.82, 2.24) is 0 Å². The normalized spacial score (nSPS) is 14.1. The molecule has 0 aliphatic rings. The fourth-order valence-electron chi connectivity index (χ4n) is 2.18. The predicted molar refractivity (Wildman–Crippen MR) is 79.7 cm³/mol. The highest BCUT2D eigenvalue weighted by atomic mass is 28.4. The minimum atomic E-state index is -1.78. The highest BCUT2D eigenvalue weighted by Crippen LogP contribution is 2.15. The summed E-state index contributed by atoms with van der Waals surface area (Å²) in [6, 6.07) is 22.4. The average molecular weight is 256 g/mol. The van der Waals surface area contributed by atoms with Crippen LogP contribution in [-0.2, 0) is 10.8 Å². The fourth-order valence-corrected chi connectivity index (χ4v) is 4.57. The van der Waals surface area contributed by atoms with E-state index in [1.807, 2.05) is 7.11 Å². The molecule has 2 heteroatoms. The molecule has 2 rings (SSSR count). The Labute approximate surface area is 111 Å². The summed E-state index contributed by atoms with van der Waals surface area (Å²) in [7, 11) is 0.0691. The summed E-state index contributed by atoms with van der Waals surface area (Å²) in [4.78, 5) is 0. The summed E-state index contributed by atoms with van der Waals surface area (Å²) >= 11 is 0. The Balaban J connectivity index is 2.10. The molecule has 1 unspecified atom stereocenters. The summed E-state index contributed by atoms with van der Waals surface area (Å²) in [5, 5.41) is 1.38. The third kappa shape index (κ3) is 3.09. The van der Waals surface area contributed by atoms with Gasteiger partial charge in [0.05, 0.1) is 0 Å². The molecule has 94 valence electrons. The maximum atomic E-state index is 5.88. The third-order valence-electron chi connectivity index (χ3n) is 3.57. The van der Waals surface area contributed by atoms with E-state index in [9.17, 15) is 0 Å². The molecule has 0 aromatic heterocycles. The largest absolute Gasteiger partial charge is 0.416 e. The molecule has 0 spiro atoms. The van der Waals surface area contributed by atoms with Gasteiger partial charge in [0, 0.05) is 7.11 Å². The van der Waals surface area contributed by atoms with Crippen molar-refractivity contribution in [2.75, 3.05) is 7.11 Å². The van der Waals surface area contributed by atoms with E-state index in [-0.39, 0.29) is 0 Å². The highest BCUT2D eigenvalue weighted by molar-refractivity contribution is 6.85. The molecule has 0 aliphatic heterocycles. The maximum Gasteiger partial charge on any atom is 0.220 e. The summed E-state index contributed by atoms with van der Waals surface area (Å²) in [5.41, 5.74) is 1.39. The first kappa shape index (κ1) is 13.1. The van der Waals surface area contributed by atoms with E-state index in [4.69, 9.17) is 4.43 Å². The third-order valence-corrected chi connectivity index (χ3v) is 7.23. The first-order valence-corrected chi connectivity index (χ1v) is 9.01. The molecule has 0 saturated heterocycles. The molecule has 2 aromatic rings. The van der Waals surface area contributed by atoms with Crippen molar-refractivity contribution in [2.24, 2.45) is 0 Å². The Kier molecular flexibility index (Phi) is 4.34. The lowest BCUT2D eigenvalue weighted by molar-refractivity contribution is 0.409. The van der Waals surface area contributed by atoms with Gasteiger partial charge in [-0.25, -0.2) is 0 Å². The smallest absolute Gasteiger partial charge is 0.220 e. The van der Waals surface area contributed by atoms with Crippen LogP contribution in [0.2, 0.25) is 12.6 Å². The van der Waals surface area contributed by atoms with E-state index in [1.165, 1.54) is 10.8 Å². The van der Waals surface area contributed by atoms with Gasteiger partial charge in [-0.15, -0.1) is 0 Å². The molecular weight excluding hydrogens is 236 g/mol. The molecule has 0 amide bonds. The van der Waals surface area contributed by atoms with Crippen LogP contribution in [0.4, 0.5) is 0 Å². The lowest BCUT2D eigenvalue weighted by Crippen LogP contribution is -2.47. The molecule has 0 radical (unpaired) electrons. The Hall–Kier alpha value is -1.38. The zero-order valence-corrected chi connectivity index (χ0v) is 12.1. The number of benzene rings is 2. The quantitative estimate of drug-likeness (QED) is 0.745. The molecule has 1 nitrogen and oxygen atoms in total. The lowest BCUT2D eigenvalue weighted by Gasteiger charge is -2.25. The van der Waals surface area contributed by atoms with Crippen LogP contribution >= 0.6 is 0 Å². The molecule has 0 bridgehead atoms. The van der Waals surface area contributed by atoms with Gasteiger partial charge in [0.2, 0.25) is 8.32 Å². The van der Waals surface area contributed by atoms with E-state index >= 15 is 0 Å². The second-order valence-corrected chi connectivity index (χ2v) is 8.73. The van der Waals surface area contributed by atoms with Gasteiger partial charge in [0.25, 0.3) is 0 Å². The SMILES string of the molecule is CO[Si](C)(CCc1ccccc1)c1ccccc1. The summed E-state index contributed by atoms with van der Waals surface area (Å²) in [6.45, 7) is 2.30. The van der Waals surface area contributed by atoms with Gasteiger partial charge < -0.3 is 4.43 Å². The molecule has 0 fully saturated rings. The van der Waals surface area contributed by atoms with Crippen molar-refractivity contribution >= 4 is 13.5 Å². The second-order valence-electron chi connectivity index (χ2n) is 4.79. The molecule has 0 N–H and O–H groups in total. The van der Waals surface area contributed by atoms with Crippen LogP contribution in [0.1, 0.15) is 5.56 Å². The monoisotopic (exact) mass is 256 g/mol. The Morgan fingerprint density at radius 1 is 0.889 bits per heavy atom. The molecule has 2 aromatic carbocycles. The van der Waals surface area contributed by atoms with E-state index in [0.29, 0.717) is 0 Å². The van der Waals surface area contributed by atoms with Crippen LogP contribution in [0.3, 0.4) is 0 Å². The summed E-state index contributed by atoms with van der Waals surface area (Å²) < 4.78 is 5.88. The Morgan fingerprint density at radius 2 is 1.44 bits per heavy atom. The van der Waals surface area contributed by atoms with Gasteiger partial charge in [-0.2, -0.15) is 0 Å². The van der Waals surface area contributed by atoms with E-state index < -0.39 is 8.32 Å². The Bertz CT molecular complexity index is 469. The second kappa shape index (κ2) is 5.98. The number of aryl methyl sites for hydroxylation is 1. The topological polar surface area (TPSA) is 9.23 Å². The van der Waals surface area contributed by atoms with Gasteiger partial charge in [0.15, 0.2) is 0 Å². The van der Waals surface area contributed by atoms with E-state index in [0.717, 1.165) is 12.5 Å². The van der Waals surface area contributed by atoms with Crippen molar-refractivity contribution in [3.8, 4) is 0 Å². The van der Waals surface area contributed by atoms with E-state index in [2.05, 4.69) is 67.2 Å². The van der Waals surface area contributed by atoms with Crippen molar-refractivity contribution in [3.05, 3.63) is 66.2 Å². The standard InChI is InChI=1S/C16H20OSi/c1-17-18(2,16-11-7-4-8-12-16)14-13-15-9-5-3-6-10-15/h3-12H,13-14H2,1-2H3. The van der Waals surface area contributed by atoms with Crippen LogP contribution in [-0.4, -0.2) is 15.4 Å². The number of hydrogen-bond acceptors (Lipinski definition) is 1. The first-order valence-electron chi connectivity index (χ1n) is 6.39. The van der Waals surface area contributed by atoms with Gasteiger partial charge in [-0.3, -0.25) is 0 Å². The zero-order valence-electron chi connectivity index (χ0n) is 11.1. The predicted octanol–water partition coefficient (Wildman–Crippen LogP) is 3.36. The summed E-state index contributed by atoms with van der Waals surface area (Å²) in [5.74, 6) is 0. The van der Waals surface area contributed by atoms with Crippen molar-refractivity contribution in [1.29, 1.82) is 0 Å².